The van der Waals surface area contributed by atoms with E-state index in [1.807, 2.05) is 44.2 Å². The summed E-state index contributed by atoms with van der Waals surface area (Å²) in [6, 6.07) is 7.40. The average molecular weight is 566 g/mol. The summed E-state index contributed by atoms with van der Waals surface area (Å²) in [5, 5.41) is 19.0. The minimum absolute atomic E-state index is 0.0350. The maximum Gasteiger partial charge on any atom is 0.355 e. The van der Waals surface area contributed by atoms with Crippen molar-refractivity contribution in [3.05, 3.63) is 35.9 Å². The molecule has 0 aliphatic carbocycles. The van der Waals surface area contributed by atoms with E-state index in [4.69, 9.17) is 0 Å². The molecule has 0 saturated carbocycles. The van der Waals surface area contributed by atoms with Crippen LogP contribution in [0.5, 0.6) is 0 Å². The monoisotopic (exact) mass is 565 g/mol. The summed E-state index contributed by atoms with van der Waals surface area (Å²) in [4.78, 5) is 59.6. The molecule has 0 radical (unpaired) electrons. The van der Waals surface area contributed by atoms with Crippen LogP contribution in [0, 0.1) is 17.3 Å². The fourth-order valence-electron chi connectivity index (χ4n) is 5.85. The van der Waals surface area contributed by atoms with Crippen molar-refractivity contribution in [3.8, 4) is 0 Å². The maximum atomic E-state index is 13.5. The number of carbonyl (C=O) groups excluding carboxylic acids is 3. The molecule has 218 valence electrons. The van der Waals surface area contributed by atoms with E-state index < -0.39 is 36.8 Å². The van der Waals surface area contributed by atoms with Gasteiger partial charge in [0, 0.05) is 12.5 Å². The SMILES string of the molecule is CC(C)C[C@@H]1NC(=O)C(Cc2ccccc2)CCCCCCC2(CCNC2=O)C[C@@H]([C@@H](O)P(=O)(O)O)NC1=O. The van der Waals surface area contributed by atoms with Crippen LogP contribution in [-0.4, -0.2) is 57.1 Å². The zero-order valence-electron chi connectivity index (χ0n) is 23.0. The molecule has 2 unspecified atom stereocenters. The van der Waals surface area contributed by atoms with Crippen LogP contribution in [0.15, 0.2) is 30.3 Å². The molecule has 2 aliphatic heterocycles. The molecule has 39 heavy (non-hydrogen) atoms. The van der Waals surface area contributed by atoms with Gasteiger partial charge in [0.2, 0.25) is 17.7 Å². The number of hydrogen-bond acceptors (Lipinski definition) is 5. The molecule has 6 N–H and O–H groups in total. The van der Waals surface area contributed by atoms with Gasteiger partial charge in [-0.1, -0.05) is 69.9 Å². The van der Waals surface area contributed by atoms with Gasteiger partial charge in [0.1, 0.15) is 6.04 Å². The van der Waals surface area contributed by atoms with Crippen molar-refractivity contribution in [1.29, 1.82) is 0 Å². The van der Waals surface area contributed by atoms with Gasteiger partial charge in [0.05, 0.1) is 11.5 Å². The Bertz CT molecular complexity index is 1030. The topological polar surface area (TPSA) is 165 Å². The Kier molecular flexibility index (Phi) is 11.1. The summed E-state index contributed by atoms with van der Waals surface area (Å²) in [5.74, 6) is -3.58. The van der Waals surface area contributed by atoms with Gasteiger partial charge in [-0.3, -0.25) is 18.9 Å². The zero-order chi connectivity index (χ0) is 28.6. The highest BCUT2D eigenvalue weighted by Gasteiger charge is 2.48. The van der Waals surface area contributed by atoms with Crippen LogP contribution in [0.25, 0.3) is 0 Å². The van der Waals surface area contributed by atoms with E-state index in [0.29, 0.717) is 45.1 Å². The zero-order valence-corrected chi connectivity index (χ0v) is 23.9. The second-order valence-corrected chi connectivity index (χ2v) is 13.3. The minimum Gasteiger partial charge on any atom is -0.379 e. The number of benzene rings is 1. The molecule has 0 aromatic heterocycles. The summed E-state index contributed by atoms with van der Waals surface area (Å²) in [6.45, 7) is 4.26. The number of hydrogen-bond donors (Lipinski definition) is 6. The highest BCUT2D eigenvalue weighted by Crippen LogP contribution is 2.46. The fourth-order valence-corrected chi connectivity index (χ4v) is 6.49. The van der Waals surface area contributed by atoms with Crippen LogP contribution in [0.2, 0.25) is 0 Å². The van der Waals surface area contributed by atoms with Crippen molar-refractivity contribution >= 4 is 25.3 Å². The van der Waals surface area contributed by atoms with E-state index in [0.717, 1.165) is 24.8 Å². The second-order valence-electron chi connectivity index (χ2n) is 11.6. The van der Waals surface area contributed by atoms with Crippen LogP contribution >= 0.6 is 7.60 Å². The minimum atomic E-state index is -5.02. The molecular weight excluding hydrogens is 521 g/mol. The van der Waals surface area contributed by atoms with Gasteiger partial charge in [0.15, 0.2) is 5.85 Å². The normalized spacial score (nSPS) is 28.8. The predicted molar refractivity (Wildman–Crippen MR) is 147 cm³/mol. The van der Waals surface area contributed by atoms with Gasteiger partial charge in [-0.2, -0.15) is 0 Å². The molecule has 2 aliphatic rings. The highest BCUT2D eigenvalue weighted by atomic mass is 31.2. The molecule has 5 atom stereocenters. The average Bonchev–Trinajstić information content (AvgIpc) is 3.22. The van der Waals surface area contributed by atoms with Crippen LogP contribution in [0.4, 0.5) is 0 Å². The Morgan fingerprint density at radius 1 is 0.974 bits per heavy atom. The number of nitrogens with one attached hydrogen (secondary N) is 3. The maximum absolute atomic E-state index is 13.5. The van der Waals surface area contributed by atoms with Gasteiger partial charge in [-0.15, -0.1) is 0 Å². The molecule has 10 nitrogen and oxygen atoms in total. The summed E-state index contributed by atoms with van der Waals surface area (Å²) >= 11 is 0. The smallest absolute Gasteiger partial charge is 0.355 e. The van der Waals surface area contributed by atoms with Crippen molar-refractivity contribution in [3.63, 3.8) is 0 Å². The molecule has 2 saturated heterocycles. The van der Waals surface area contributed by atoms with Gasteiger partial charge >= 0.3 is 7.60 Å². The van der Waals surface area contributed by atoms with Crippen molar-refractivity contribution in [2.75, 3.05) is 6.54 Å². The lowest BCUT2D eigenvalue weighted by Crippen LogP contribution is -2.55. The van der Waals surface area contributed by atoms with Crippen molar-refractivity contribution < 1.29 is 33.8 Å². The predicted octanol–water partition coefficient (Wildman–Crippen LogP) is 2.61. The number of carbonyl (C=O) groups is 3. The molecule has 2 fully saturated rings. The van der Waals surface area contributed by atoms with Crippen LogP contribution < -0.4 is 16.0 Å². The van der Waals surface area contributed by atoms with E-state index in [-0.39, 0.29) is 30.1 Å². The molecule has 0 bridgehead atoms. The van der Waals surface area contributed by atoms with Crippen LogP contribution in [0.1, 0.15) is 77.2 Å². The number of rotatable bonds is 6. The first-order chi connectivity index (χ1) is 18.4. The Balaban J connectivity index is 1.93. The third-order valence-electron chi connectivity index (χ3n) is 8.01. The third-order valence-corrected chi connectivity index (χ3v) is 9.06. The molecule has 1 spiro atoms. The Hall–Kier alpha value is -2.26. The van der Waals surface area contributed by atoms with Gasteiger partial charge in [-0.25, -0.2) is 0 Å². The van der Waals surface area contributed by atoms with Gasteiger partial charge in [-0.05, 0) is 50.0 Å². The van der Waals surface area contributed by atoms with Crippen molar-refractivity contribution in [2.24, 2.45) is 17.3 Å². The van der Waals surface area contributed by atoms with Crippen molar-refractivity contribution in [2.45, 2.75) is 96.0 Å². The second kappa shape index (κ2) is 13.9. The lowest BCUT2D eigenvalue weighted by molar-refractivity contribution is -0.133. The molecule has 3 amide bonds. The van der Waals surface area contributed by atoms with Crippen molar-refractivity contribution in [1.82, 2.24) is 16.0 Å². The summed E-state index contributed by atoms with van der Waals surface area (Å²) in [6.07, 6.45) is 5.58. The molecular formula is C28H44N3O7P. The standard InChI is InChI=1S/C28H44N3O7P/c1-19(2)16-22-25(33)31-23(26(34)39(36,37)38)18-28(14-15-29-27(28)35)13-9-4-3-8-12-21(24(32)30-22)17-20-10-6-5-7-11-20/h5-7,10-11,19,21-23,26,34H,3-4,8-9,12-18H2,1-2H3,(H,29,35)(H,30,32)(H,31,33)(H2,36,37,38)/t21?,22-,23-,26-,28?/m0/s1. The van der Waals surface area contributed by atoms with E-state index in [2.05, 4.69) is 16.0 Å². The third kappa shape index (κ3) is 8.87. The van der Waals surface area contributed by atoms with E-state index in [1.54, 1.807) is 0 Å². The first-order valence-corrected chi connectivity index (χ1v) is 15.8. The molecule has 1 aromatic carbocycles. The van der Waals surface area contributed by atoms with Crippen LogP contribution in [0.3, 0.4) is 0 Å². The van der Waals surface area contributed by atoms with Gasteiger partial charge in [0.25, 0.3) is 0 Å². The fraction of sp³-hybridized carbons (Fsp3) is 0.679. The van der Waals surface area contributed by atoms with E-state index in [9.17, 15) is 33.8 Å². The van der Waals surface area contributed by atoms with Crippen LogP contribution in [-0.2, 0) is 25.4 Å². The quantitative estimate of drug-likeness (QED) is 0.289. The van der Waals surface area contributed by atoms with E-state index in [1.165, 1.54) is 0 Å². The Labute approximate surface area is 230 Å². The molecule has 1 aromatic rings. The summed E-state index contributed by atoms with van der Waals surface area (Å²) in [7, 11) is -5.02. The van der Waals surface area contributed by atoms with E-state index >= 15 is 0 Å². The number of aliphatic hydroxyl groups is 1. The molecule has 2 heterocycles. The number of amides is 3. The number of aliphatic hydroxyl groups excluding tert-OH is 1. The largest absolute Gasteiger partial charge is 0.379 e. The summed E-state index contributed by atoms with van der Waals surface area (Å²) < 4.78 is 12.1. The van der Waals surface area contributed by atoms with Gasteiger partial charge < -0.3 is 30.8 Å². The first kappa shape index (κ1) is 31.3. The Morgan fingerprint density at radius 2 is 1.67 bits per heavy atom. The lowest BCUT2D eigenvalue weighted by Gasteiger charge is -2.34. The molecule has 3 rings (SSSR count). The highest BCUT2D eigenvalue weighted by molar-refractivity contribution is 7.52. The summed E-state index contributed by atoms with van der Waals surface area (Å²) in [5.41, 5.74) is 0.0837. The first-order valence-electron chi connectivity index (χ1n) is 14.1. The molecule has 11 heteroatoms. The Morgan fingerprint density at radius 3 is 2.28 bits per heavy atom. The lowest BCUT2D eigenvalue weighted by atomic mass is 9.75.